The Bertz CT molecular complexity index is 648. The summed E-state index contributed by atoms with van der Waals surface area (Å²) < 4.78 is 28.4. The Kier molecular flexibility index (Phi) is 7.35. The first kappa shape index (κ1) is 18.9. The lowest BCUT2D eigenvalue weighted by atomic mass is 10.1. The van der Waals surface area contributed by atoms with Crippen LogP contribution in [0.25, 0.3) is 0 Å². The summed E-state index contributed by atoms with van der Waals surface area (Å²) in [6, 6.07) is 16.4. The smallest absolute Gasteiger partial charge is 0.387 e. The fourth-order valence-corrected chi connectivity index (χ4v) is 2.35. The van der Waals surface area contributed by atoms with Crippen molar-refractivity contribution in [2.75, 3.05) is 13.1 Å². The first-order valence-electron chi connectivity index (χ1n) is 8.13. The Morgan fingerprint density at radius 2 is 1.76 bits per heavy atom. The van der Waals surface area contributed by atoms with E-state index in [1.54, 1.807) is 12.1 Å². The van der Waals surface area contributed by atoms with Crippen LogP contribution in [-0.2, 0) is 11.2 Å². The first-order valence-corrected chi connectivity index (χ1v) is 8.13. The zero-order chi connectivity index (χ0) is 18.1. The third kappa shape index (κ3) is 6.89. The van der Waals surface area contributed by atoms with Crippen molar-refractivity contribution in [2.24, 2.45) is 0 Å². The molecule has 2 aromatic rings. The third-order valence-corrected chi connectivity index (χ3v) is 3.75. The molecule has 0 spiro atoms. The highest BCUT2D eigenvalue weighted by Gasteiger charge is 2.07. The van der Waals surface area contributed by atoms with Gasteiger partial charge < -0.3 is 15.4 Å². The Hall–Kier alpha value is -2.47. The minimum atomic E-state index is -2.82. The maximum Gasteiger partial charge on any atom is 0.387 e. The van der Waals surface area contributed by atoms with Crippen molar-refractivity contribution in [3.63, 3.8) is 0 Å². The normalized spacial score (nSPS) is 12.0. The molecular weight excluding hydrogens is 326 g/mol. The first-order chi connectivity index (χ1) is 12.0. The summed E-state index contributed by atoms with van der Waals surface area (Å²) in [5.74, 6) is 0.0438. The van der Waals surface area contributed by atoms with Gasteiger partial charge >= 0.3 is 6.61 Å². The molecule has 25 heavy (non-hydrogen) atoms. The molecule has 0 heterocycles. The summed E-state index contributed by atoms with van der Waals surface area (Å²) in [5, 5.41) is 6.01. The zero-order valence-corrected chi connectivity index (χ0v) is 14.0. The molecule has 4 nitrogen and oxygen atoms in total. The number of benzene rings is 2. The molecule has 0 radical (unpaired) electrons. The van der Waals surface area contributed by atoms with Crippen LogP contribution in [-0.4, -0.2) is 25.6 Å². The minimum absolute atomic E-state index is 0.0829. The number of ether oxygens (including phenoxy) is 1. The molecule has 1 amide bonds. The van der Waals surface area contributed by atoms with E-state index in [1.165, 1.54) is 12.1 Å². The summed E-state index contributed by atoms with van der Waals surface area (Å²) in [5.41, 5.74) is 2.06. The molecule has 0 aliphatic carbocycles. The number of alkyl halides is 2. The molecule has 0 aromatic heterocycles. The molecule has 6 heteroatoms. The number of amides is 1. The number of carbonyl (C=O) groups is 1. The monoisotopic (exact) mass is 348 g/mol. The summed E-state index contributed by atoms with van der Waals surface area (Å²) in [4.78, 5) is 11.9. The molecule has 2 N–H and O–H groups in total. The lowest BCUT2D eigenvalue weighted by Crippen LogP contribution is -2.36. The molecular formula is C19H22F2N2O2. The number of halogens is 2. The average molecular weight is 348 g/mol. The predicted molar refractivity (Wildman–Crippen MR) is 92.6 cm³/mol. The maximum absolute atomic E-state index is 12.1. The highest BCUT2D eigenvalue weighted by molar-refractivity contribution is 5.78. The largest absolute Gasteiger partial charge is 0.435 e. The predicted octanol–water partition coefficient (Wildman–Crippen LogP) is 3.30. The van der Waals surface area contributed by atoms with Gasteiger partial charge in [-0.15, -0.1) is 0 Å². The highest BCUT2D eigenvalue weighted by Crippen LogP contribution is 2.15. The van der Waals surface area contributed by atoms with Gasteiger partial charge in [0.25, 0.3) is 0 Å². The number of hydrogen-bond acceptors (Lipinski definition) is 3. The van der Waals surface area contributed by atoms with E-state index in [1.807, 2.05) is 37.3 Å². The summed E-state index contributed by atoms with van der Waals surface area (Å²) in [6.07, 6.45) is 0.620. The van der Waals surface area contributed by atoms with E-state index < -0.39 is 6.61 Å². The van der Waals surface area contributed by atoms with Crippen LogP contribution in [0.3, 0.4) is 0 Å². The minimum Gasteiger partial charge on any atom is -0.435 e. The Morgan fingerprint density at radius 3 is 2.40 bits per heavy atom. The van der Waals surface area contributed by atoms with E-state index >= 15 is 0 Å². The van der Waals surface area contributed by atoms with E-state index in [2.05, 4.69) is 15.4 Å². The second-order valence-electron chi connectivity index (χ2n) is 5.64. The third-order valence-electron chi connectivity index (χ3n) is 3.75. The van der Waals surface area contributed by atoms with Crippen molar-refractivity contribution < 1.29 is 18.3 Å². The molecule has 2 aromatic carbocycles. The van der Waals surface area contributed by atoms with Gasteiger partial charge in [0.1, 0.15) is 5.75 Å². The van der Waals surface area contributed by atoms with Gasteiger partial charge in [-0.1, -0.05) is 42.5 Å². The molecule has 1 atom stereocenters. The number of carbonyl (C=O) groups excluding carboxylic acids is 1. The highest BCUT2D eigenvalue weighted by atomic mass is 19.3. The second kappa shape index (κ2) is 9.74. The summed E-state index contributed by atoms with van der Waals surface area (Å²) in [7, 11) is 0. The average Bonchev–Trinajstić information content (AvgIpc) is 2.61. The van der Waals surface area contributed by atoms with E-state index in [0.29, 0.717) is 13.0 Å². The van der Waals surface area contributed by atoms with Gasteiger partial charge in [-0.05, 0) is 36.6 Å². The van der Waals surface area contributed by atoms with Crippen molar-refractivity contribution in [1.82, 2.24) is 10.6 Å². The van der Waals surface area contributed by atoms with Crippen molar-refractivity contribution in [2.45, 2.75) is 26.0 Å². The van der Waals surface area contributed by atoms with Crippen molar-refractivity contribution in [3.05, 3.63) is 65.7 Å². The molecule has 2 rings (SSSR count). The van der Waals surface area contributed by atoms with E-state index in [9.17, 15) is 13.6 Å². The van der Waals surface area contributed by atoms with E-state index in [0.717, 1.165) is 11.1 Å². The molecule has 0 aliphatic rings. The van der Waals surface area contributed by atoms with Crippen LogP contribution < -0.4 is 15.4 Å². The molecule has 0 bridgehead atoms. The lowest BCUT2D eigenvalue weighted by molar-refractivity contribution is -0.120. The van der Waals surface area contributed by atoms with Crippen LogP contribution in [0.1, 0.15) is 24.1 Å². The van der Waals surface area contributed by atoms with Gasteiger partial charge in [-0.2, -0.15) is 8.78 Å². The number of nitrogens with one attached hydrogen (secondary N) is 2. The van der Waals surface area contributed by atoms with Crippen LogP contribution in [0.15, 0.2) is 54.6 Å². The second-order valence-corrected chi connectivity index (χ2v) is 5.64. The lowest BCUT2D eigenvalue weighted by Gasteiger charge is -2.14. The van der Waals surface area contributed by atoms with Gasteiger partial charge in [0, 0.05) is 12.6 Å². The topological polar surface area (TPSA) is 50.4 Å². The van der Waals surface area contributed by atoms with Crippen molar-refractivity contribution >= 4 is 5.91 Å². The van der Waals surface area contributed by atoms with Gasteiger partial charge in [-0.3, -0.25) is 4.79 Å². The Balaban J connectivity index is 1.66. The van der Waals surface area contributed by atoms with Crippen LogP contribution in [0, 0.1) is 0 Å². The fraction of sp³-hybridized carbons (Fsp3) is 0.316. The van der Waals surface area contributed by atoms with E-state index in [-0.39, 0.29) is 24.2 Å². The molecule has 0 unspecified atom stereocenters. The molecule has 0 aliphatic heterocycles. The molecule has 134 valence electrons. The zero-order valence-electron chi connectivity index (χ0n) is 14.0. The van der Waals surface area contributed by atoms with Gasteiger partial charge in [0.15, 0.2) is 0 Å². The van der Waals surface area contributed by atoms with Gasteiger partial charge in [0.2, 0.25) is 5.91 Å². The Morgan fingerprint density at radius 1 is 1.08 bits per heavy atom. The standard InChI is InChI=1S/C19H22F2N2O2/c1-14(16-5-3-2-4-6-16)23-13-18(24)22-12-11-15-7-9-17(10-8-15)25-19(20)21/h2-10,14,19,23H,11-13H2,1H3,(H,22,24)/t14-/m1/s1. The van der Waals surface area contributed by atoms with Crippen LogP contribution in [0.5, 0.6) is 5.75 Å². The molecule has 0 fully saturated rings. The van der Waals surface area contributed by atoms with Gasteiger partial charge in [-0.25, -0.2) is 0 Å². The SMILES string of the molecule is C[C@@H](NCC(=O)NCCc1ccc(OC(F)F)cc1)c1ccccc1. The maximum atomic E-state index is 12.1. The van der Waals surface area contributed by atoms with Crippen LogP contribution in [0.4, 0.5) is 8.78 Å². The van der Waals surface area contributed by atoms with Gasteiger partial charge in [0.05, 0.1) is 6.54 Å². The number of hydrogen-bond donors (Lipinski definition) is 2. The Labute approximate surface area is 146 Å². The fourth-order valence-electron chi connectivity index (χ4n) is 2.35. The van der Waals surface area contributed by atoms with Crippen LogP contribution >= 0.6 is 0 Å². The molecule has 0 saturated heterocycles. The van der Waals surface area contributed by atoms with Crippen LogP contribution in [0.2, 0.25) is 0 Å². The quantitative estimate of drug-likeness (QED) is 0.731. The summed E-state index contributed by atoms with van der Waals surface area (Å²) in [6.45, 7) is -0.103. The number of rotatable bonds is 9. The van der Waals surface area contributed by atoms with E-state index in [4.69, 9.17) is 0 Å². The summed E-state index contributed by atoms with van der Waals surface area (Å²) >= 11 is 0. The van der Waals surface area contributed by atoms with Crippen molar-refractivity contribution in [3.8, 4) is 5.75 Å². The van der Waals surface area contributed by atoms with Crippen molar-refractivity contribution in [1.29, 1.82) is 0 Å². The molecule has 0 saturated carbocycles.